The van der Waals surface area contributed by atoms with Crippen LogP contribution in [-0.4, -0.2) is 45.3 Å². The third-order valence-electron chi connectivity index (χ3n) is 4.43. The van der Waals surface area contributed by atoms with E-state index in [0.717, 1.165) is 28.3 Å². The second-order valence-electron chi connectivity index (χ2n) is 6.46. The molecule has 3 rings (SSSR count). The number of anilines is 1. The highest BCUT2D eigenvalue weighted by atomic mass is 16.5. The summed E-state index contributed by atoms with van der Waals surface area (Å²) in [5.41, 5.74) is 3.14. The van der Waals surface area contributed by atoms with Gasteiger partial charge in [-0.2, -0.15) is 0 Å². The van der Waals surface area contributed by atoms with Crippen molar-refractivity contribution in [3.05, 3.63) is 53.6 Å². The second kappa shape index (κ2) is 7.99. The van der Waals surface area contributed by atoms with Crippen molar-refractivity contribution in [2.45, 2.75) is 13.1 Å². The van der Waals surface area contributed by atoms with Gasteiger partial charge in [0.15, 0.2) is 0 Å². The predicted octanol–water partition coefficient (Wildman–Crippen LogP) is 2.87. The number of rotatable bonds is 4. The second-order valence-corrected chi connectivity index (χ2v) is 6.46. The summed E-state index contributed by atoms with van der Waals surface area (Å²) in [6.45, 7) is 2.06. The highest BCUT2D eigenvalue weighted by molar-refractivity contribution is 5.74. The molecule has 0 bridgehead atoms. The molecular formula is C20H25N3O3. The first kappa shape index (κ1) is 17.9. The van der Waals surface area contributed by atoms with Gasteiger partial charge in [0.25, 0.3) is 0 Å². The van der Waals surface area contributed by atoms with Crippen LogP contribution in [0.15, 0.2) is 42.5 Å². The monoisotopic (exact) mass is 355 g/mol. The van der Waals surface area contributed by atoms with Crippen LogP contribution in [0.25, 0.3) is 0 Å². The maximum atomic E-state index is 12.6. The fourth-order valence-electron chi connectivity index (χ4n) is 2.87. The lowest BCUT2D eigenvalue weighted by Gasteiger charge is -2.21. The van der Waals surface area contributed by atoms with Crippen molar-refractivity contribution in [1.82, 2.24) is 10.2 Å². The van der Waals surface area contributed by atoms with Gasteiger partial charge in [0.1, 0.15) is 18.1 Å². The van der Waals surface area contributed by atoms with Crippen LogP contribution in [0.5, 0.6) is 11.5 Å². The fourth-order valence-corrected chi connectivity index (χ4v) is 2.87. The molecule has 2 amide bonds. The molecule has 0 radical (unpaired) electrons. The highest BCUT2D eigenvalue weighted by Gasteiger charge is 2.20. The van der Waals surface area contributed by atoms with Crippen molar-refractivity contribution in [3.8, 4) is 11.5 Å². The largest absolute Gasteiger partial charge is 0.497 e. The lowest BCUT2D eigenvalue weighted by Crippen LogP contribution is -2.40. The van der Waals surface area contributed by atoms with Gasteiger partial charge in [0.05, 0.1) is 20.2 Å². The summed E-state index contributed by atoms with van der Waals surface area (Å²) in [6.07, 6.45) is 0. The highest BCUT2D eigenvalue weighted by Crippen LogP contribution is 2.27. The van der Waals surface area contributed by atoms with Gasteiger partial charge in [-0.25, -0.2) is 4.79 Å². The summed E-state index contributed by atoms with van der Waals surface area (Å²) in [6, 6.07) is 13.7. The zero-order valence-electron chi connectivity index (χ0n) is 15.5. The first-order chi connectivity index (χ1) is 12.6. The van der Waals surface area contributed by atoms with Crippen LogP contribution in [0, 0.1) is 0 Å². The van der Waals surface area contributed by atoms with E-state index in [1.165, 1.54) is 0 Å². The van der Waals surface area contributed by atoms with Gasteiger partial charge in [-0.1, -0.05) is 12.1 Å². The Balaban J connectivity index is 1.64. The molecule has 138 valence electrons. The zero-order chi connectivity index (χ0) is 18.5. The Morgan fingerprint density at radius 2 is 2.00 bits per heavy atom. The molecule has 0 atom stereocenters. The molecule has 1 heterocycles. The van der Waals surface area contributed by atoms with E-state index in [4.69, 9.17) is 9.47 Å². The van der Waals surface area contributed by atoms with Crippen LogP contribution in [0.4, 0.5) is 10.5 Å². The summed E-state index contributed by atoms with van der Waals surface area (Å²) in [7, 11) is 5.63. The topological polar surface area (TPSA) is 54.0 Å². The van der Waals surface area contributed by atoms with Crippen molar-refractivity contribution < 1.29 is 14.3 Å². The van der Waals surface area contributed by atoms with Crippen molar-refractivity contribution in [1.29, 1.82) is 0 Å². The molecule has 0 saturated heterocycles. The smallest absolute Gasteiger partial charge is 0.318 e. The molecule has 0 spiro atoms. The van der Waals surface area contributed by atoms with Crippen LogP contribution in [0.1, 0.15) is 11.1 Å². The van der Waals surface area contributed by atoms with Crippen molar-refractivity contribution in [2.75, 3.05) is 39.3 Å². The average molecular weight is 355 g/mol. The number of benzene rings is 2. The molecular weight excluding hydrogens is 330 g/mol. The Hall–Kier alpha value is -2.89. The van der Waals surface area contributed by atoms with E-state index in [2.05, 4.69) is 11.4 Å². The molecule has 0 unspecified atom stereocenters. The van der Waals surface area contributed by atoms with E-state index in [1.807, 2.05) is 55.4 Å². The number of carbonyl (C=O) groups is 1. The average Bonchev–Trinajstić information content (AvgIpc) is 2.88. The first-order valence-electron chi connectivity index (χ1n) is 8.65. The van der Waals surface area contributed by atoms with Gasteiger partial charge in [-0.3, -0.25) is 0 Å². The van der Waals surface area contributed by atoms with Gasteiger partial charge in [0.2, 0.25) is 0 Å². The van der Waals surface area contributed by atoms with Crippen molar-refractivity contribution in [2.24, 2.45) is 0 Å². The number of amides is 2. The Kier molecular flexibility index (Phi) is 5.51. The minimum Gasteiger partial charge on any atom is -0.497 e. The molecule has 2 aromatic rings. The normalized spacial score (nSPS) is 13.3. The molecule has 1 aliphatic heterocycles. The van der Waals surface area contributed by atoms with Crippen molar-refractivity contribution in [3.63, 3.8) is 0 Å². The van der Waals surface area contributed by atoms with Gasteiger partial charge < -0.3 is 24.6 Å². The summed E-state index contributed by atoms with van der Waals surface area (Å²) in [5.74, 6) is 1.65. The predicted molar refractivity (Wildman–Crippen MR) is 102 cm³/mol. The van der Waals surface area contributed by atoms with Crippen LogP contribution >= 0.6 is 0 Å². The van der Waals surface area contributed by atoms with Crippen molar-refractivity contribution >= 4 is 11.7 Å². The maximum Gasteiger partial charge on any atom is 0.318 e. The zero-order valence-corrected chi connectivity index (χ0v) is 15.5. The Morgan fingerprint density at radius 1 is 1.23 bits per heavy atom. The minimum absolute atomic E-state index is 0.0903. The molecule has 0 fully saturated rings. The number of ether oxygens (including phenoxy) is 2. The summed E-state index contributed by atoms with van der Waals surface area (Å²) in [4.78, 5) is 16.4. The van der Waals surface area contributed by atoms with Gasteiger partial charge in [-0.15, -0.1) is 0 Å². The summed E-state index contributed by atoms with van der Waals surface area (Å²) >= 11 is 0. The SMILES string of the molecule is COc1ccc(CNC(=O)N2CCOc3ccc(N(C)C)cc3C2)cc1. The van der Waals surface area contributed by atoms with Crippen LogP contribution in [0.2, 0.25) is 0 Å². The molecule has 2 aromatic carbocycles. The van der Waals surface area contributed by atoms with Crippen LogP contribution < -0.4 is 19.7 Å². The molecule has 1 aliphatic rings. The molecule has 26 heavy (non-hydrogen) atoms. The van der Waals surface area contributed by atoms with Crippen LogP contribution in [-0.2, 0) is 13.1 Å². The Morgan fingerprint density at radius 3 is 2.69 bits per heavy atom. The van der Waals surface area contributed by atoms with E-state index in [9.17, 15) is 4.79 Å². The number of carbonyl (C=O) groups excluding carboxylic acids is 1. The third kappa shape index (κ3) is 4.20. The number of urea groups is 1. The molecule has 0 aromatic heterocycles. The minimum atomic E-state index is -0.0903. The van der Waals surface area contributed by atoms with Gasteiger partial charge in [0, 0.05) is 31.9 Å². The Labute approximate surface area is 154 Å². The molecule has 6 heteroatoms. The first-order valence-corrected chi connectivity index (χ1v) is 8.65. The van der Waals surface area contributed by atoms with E-state index >= 15 is 0 Å². The van der Waals surface area contributed by atoms with Crippen LogP contribution in [0.3, 0.4) is 0 Å². The van der Waals surface area contributed by atoms with Gasteiger partial charge >= 0.3 is 6.03 Å². The molecule has 0 saturated carbocycles. The number of fused-ring (bicyclic) bond motifs is 1. The Bertz CT molecular complexity index is 759. The fraction of sp³-hybridized carbons (Fsp3) is 0.350. The lowest BCUT2D eigenvalue weighted by atomic mass is 10.1. The summed E-state index contributed by atoms with van der Waals surface area (Å²) < 4.78 is 10.9. The number of nitrogens with one attached hydrogen (secondary N) is 1. The van der Waals surface area contributed by atoms with E-state index in [0.29, 0.717) is 26.2 Å². The van der Waals surface area contributed by atoms with Gasteiger partial charge in [-0.05, 0) is 35.9 Å². The number of nitrogens with zero attached hydrogens (tertiary/aromatic N) is 2. The number of hydrogen-bond acceptors (Lipinski definition) is 4. The van der Waals surface area contributed by atoms with E-state index < -0.39 is 0 Å². The third-order valence-corrected chi connectivity index (χ3v) is 4.43. The molecule has 6 nitrogen and oxygen atoms in total. The summed E-state index contributed by atoms with van der Waals surface area (Å²) in [5, 5.41) is 2.98. The quantitative estimate of drug-likeness (QED) is 0.916. The standard InChI is InChI=1S/C20H25N3O3/c1-22(2)17-6-9-19-16(12-17)14-23(10-11-26-19)20(24)21-13-15-4-7-18(25-3)8-5-15/h4-9,12H,10-11,13-14H2,1-3H3,(H,21,24). The number of hydrogen-bond donors (Lipinski definition) is 1. The molecule has 1 N–H and O–H groups in total. The lowest BCUT2D eigenvalue weighted by molar-refractivity contribution is 0.187. The maximum absolute atomic E-state index is 12.6. The number of methoxy groups -OCH3 is 1. The molecule has 0 aliphatic carbocycles. The van der Waals surface area contributed by atoms with E-state index in [-0.39, 0.29) is 6.03 Å². The van der Waals surface area contributed by atoms with E-state index in [1.54, 1.807) is 12.0 Å².